The molecule has 0 unspecified atom stereocenters. The molecule has 0 saturated carbocycles. The van der Waals surface area contributed by atoms with Gasteiger partial charge >= 0.3 is 0 Å². The molecule has 2 N–H and O–H groups in total. The van der Waals surface area contributed by atoms with E-state index in [1.165, 1.54) is 0 Å². The van der Waals surface area contributed by atoms with Crippen LogP contribution in [0.4, 0.5) is 0 Å². The van der Waals surface area contributed by atoms with Crippen molar-refractivity contribution in [2.24, 2.45) is 0 Å². The summed E-state index contributed by atoms with van der Waals surface area (Å²) in [6, 6.07) is 9.32. The molecular weight excluding hydrogens is 342 g/mol. The summed E-state index contributed by atoms with van der Waals surface area (Å²) in [5, 5.41) is 16.5. The molecule has 3 heterocycles. The Kier molecular flexibility index (Phi) is 3.83. The van der Waals surface area contributed by atoms with Crippen LogP contribution in [0.2, 0.25) is 0 Å². The molecule has 0 atom stereocenters. The van der Waals surface area contributed by atoms with Gasteiger partial charge in [0, 0.05) is 10.4 Å². The van der Waals surface area contributed by atoms with Gasteiger partial charge in [-0.25, -0.2) is 4.98 Å². The first kappa shape index (κ1) is 15.0. The number of fused-ring (bicyclic) bond motifs is 1. The fraction of sp³-hybridized carbons (Fsp3) is 0.125. The monoisotopic (exact) mass is 355 g/mol. The third kappa shape index (κ3) is 2.81. The van der Waals surface area contributed by atoms with Crippen molar-refractivity contribution in [3.63, 3.8) is 0 Å². The Morgan fingerprint density at radius 1 is 1.25 bits per heavy atom. The van der Waals surface area contributed by atoms with E-state index in [9.17, 15) is 4.79 Å². The fourth-order valence-corrected chi connectivity index (χ4v) is 4.14. The molecule has 6 nitrogen and oxygen atoms in total. The summed E-state index contributed by atoms with van der Waals surface area (Å²) in [4.78, 5) is 19.2. The smallest absolute Gasteiger partial charge is 0.251 e. The zero-order valence-electron chi connectivity index (χ0n) is 12.7. The molecule has 0 radical (unpaired) electrons. The summed E-state index contributed by atoms with van der Waals surface area (Å²) in [5.74, 6) is -0.134. The van der Waals surface area contributed by atoms with E-state index in [4.69, 9.17) is 0 Å². The van der Waals surface area contributed by atoms with E-state index in [0.29, 0.717) is 17.6 Å². The van der Waals surface area contributed by atoms with Crippen molar-refractivity contribution in [2.45, 2.75) is 13.5 Å². The summed E-state index contributed by atoms with van der Waals surface area (Å²) in [5.41, 5.74) is 2.94. The van der Waals surface area contributed by atoms with Crippen LogP contribution in [0.25, 0.3) is 20.9 Å². The molecule has 1 amide bonds. The van der Waals surface area contributed by atoms with Crippen LogP contribution >= 0.6 is 22.7 Å². The predicted molar refractivity (Wildman–Crippen MR) is 95.2 cm³/mol. The fourth-order valence-electron chi connectivity index (χ4n) is 2.34. The van der Waals surface area contributed by atoms with Gasteiger partial charge in [0.1, 0.15) is 16.0 Å². The van der Waals surface area contributed by atoms with Crippen molar-refractivity contribution >= 4 is 39.6 Å². The normalized spacial score (nSPS) is 11.0. The van der Waals surface area contributed by atoms with E-state index in [-0.39, 0.29) is 5.91 Å². The number of aromatic nitrogens is 4. The van der Waals surface area contributed by atoms with Crippen molar-refractivity contribution in [2.75, 3.05) is 0 Å². The number of nitrogens with one attached hydrogen (secondary N) is 2. The lowest BCUT2D eigenvalue weighted by atomic mass is 10.2. The standard InChI is InChI=1S/C16H13N5OS2/c1-9-14(24-16(18-9)13-3-2-6-23-13)8-17-15(22)10-4-5-11-12(7-10)20-21-19-11/h2-7H,8H2,1H3,(H,17,22)(H,19,20,21). The van der Waals surface area contributed by atoms with Crippen LogP contribution < -0.4 is 5.32 Å². The molecule has 0 aliphatic rings. The first-order chi connectivity index (χ1) is 11.7. The summed E-state index contributed by atoms with van der Waals surface area (Å²) in [7, 11) is 0. The lowest BCUT2D eigenvalue weighted by molar-refractivity contribution is 0.0951. The largest absolute Gasteiger partial charge is 0.347 e. The zero-order chi connectivity index (χ0) is 16.5. The van der Waals surface area contributed by atoms with Crippen LogP contribution in [0.1, 0.15) is 20.9 Å². The van der Waals surface area contributed by atoms with Crippen molar-refractivity contribution in [3.05, 3.63) is 51.8 Å². The van der Waals surface area contributed by atoms with Crippen molar-refractivity contribution in [1.29, 1.82) is 0 Å². The molecule has 3 aromatic heterocycles. The first-order valence-corrected chi connectivity index (χ1v) is 8.99. The predicted octanol–water partition coefficient (Wildman–Crippen LogP) is 3.38. The van der Waals surface area contributed by atoms with Gasteiger partial charge in [-0.15, -0.1) is 22.7 Å². The van der Waals surface area contributed by atoms with E-state index in [1.807, 2.05) is 18.4 Å². The van der Waals surface area contributed by atoms with E-state index >= 15 is 0 Å². The number of nitrogens with zero attached hydrogens (tertiary/aromatic N) is 3. The number of benzene rings is 1. The summed E-state index contributed by atoms with van der Waals surface area (Å²) < 4.78 is 0. The topological polar surface area (TPSA) is 83.6 Å². The number of carbonyl (C=O) groups is 1. The molecule has 0 aliphatic carbocycles. The van der Waals surface area contributed by atoms with Crippen LogP contribution in [0.5, 0.6) is 0 Å². The number of hydrogen-bond donors (Lipinski definition) is 2. The van der Waals surface area contributed by atoms with E-state index < -0.39 is 0 Å². The number of amides is 1. The van der Waals surface area contributed by atoms with E-state index in [0.717, 1.165) is 26.0 Å². The first-order valence-electron chi connectivity index (χ1n) is 7.29. The Hall–Kier alpha value is -2.58. The number of carbonyl (C=O) groups excluding carboxylic acids is 1. The van der Waals surface area contributed by atoms with Crippen LogP contribution in [-0.4, -0.2) is 26.3 Å². The van der Waals surface area contributed by atoms with Gasteiger partial charge in [0.05, 0.1) is 17.1 Å². The summed E-state index contributed by atoms with van der Waals surface area (Å²) in [6.45, 7) is 2.43. The van der Waals surface area contributed by atoms with E-state index in [2.05, 4.69) is 31.8 Å². The molecule has 1 aromatic carbocycles. The third-order valence-corrected chi connectivity index (χ3v) is 5.81. The number of rotatable bonds is 4. The number of aromatic amines is 1. The Morgan fingerprint density at radius 3 is 2.96 bits per heavy atom. The van der Waals surface area contributed by atoms with Gasteiger partial charge in [-0.05, 0) is 36.6 Å². The van der Waals surface area contributed by atoms with Crippen LogP contribution in [0.3, 0.4) is 0 Å². The maximum absolute atomic E-state index is 12.3. The molecule has 120 valence electrons. The summed E-state index contributed by atoms with van der Waals surface area (Å²) >= 11 is 3.28. The van der Waals surface area contributed by atoms with E-state index in [1.54, 1.807) is 40.9 Å². The Bertz CT molecular complexity index is 1000. The molecule has 8 heteroatoms. The number of hydrogen-bond acceptors (Lipinski definition) is 6. The van der Waals surface area contributed by atoms with Crippen molar-refractivity contribution < 1.29 is 4.79 Å². The minimum Gasteiger partial charge on any atom is -0.347 e. The second kappa shape index (κ2) is 6.14. The molecule has 4 aromatic rings. The highest BCUT2D eigenvalue weighted by molar-refractivity contribution is 7.21. The highest BCUT2D eigenvalue weighted by Gasteiger charge is 2.13. The number of H-pyrrole nitrogens is 1. The minimum absolute atomic E-state index is 0.134. The quantitative estimate of drug-likeness (QED) is 0.588. The Balaban J connectivity index is 1.49. The van der Waals surface area contributed by atoms with Gasteiger partial charge in [-0.2, -0.15) is 15.4 Å². The van der Waals surface area contributed by atoms with Crippen LogP contribution in [0, 0.1) is 6.92 Å². The average molecular weight is 355 g/mol. The van der Waals surface area contributed by atoms with Gasteiger partial charge in [0.15, 0.2) is 0 Å². The summed E-state index contributed by atoms with van der Waals surface area (Å²) in [6.07, 6.45) is 0. The van der Waals surface area contributed by atoms with Gasteiger partial charge < -0.3 is 5.32 Å². The molecule has 0 aliphatic heterocycles. The highest BCUT2D eigenvalue weighted by atomic mass is 32.1. The number of thiophene rings is 1. The van der Waals surface area contributed by atoms with Crippen LogP contribution in [0.15, 0.2) is 35.7 Å². The SMILES string of the molecule is Cc1nc(-c2cccs2)sc1CNC(=O)c1ccc2n[nH]nc2c1. The zero-order valence-corrected chi connectivity index (χ0v) is 14.4. The molecule has 4 rings (SSSR count). The molecule has 0 spiro atoms. The lowest BCUT2D eigenvalue weighted by Gasteiger charge is -2.04. The second-order valence-corrected chi connectivity index (χ2v) is 7.25. The second-order valence-electron chi connectivity index (χ2n) is 5.21. The number of thiazole rings is 1. The molecule has 0 saturated heterocycles. The number of aryl methyl sites for hydroxylation is 1. The van der Waals surface area contributed by atoms with Gasteiger partial charge in [-0.3, -0.25) is 4.79 Å². The van der Waals surface area contributed by atoms with Gasteiger partial charge in [-0.1, -0.05) is 6.07 Å². The molecule has 24 heavy (non-hydrogen) atoms. The lowest BCUT2D eigenvalue weighted by Crippen LogP contribution is -2.22. The highest BCUT2D eigenvalue weighted by Crippen LogP contribution is 2.31. The molecule has 0 fully saturated rings. The maximum Gasteiger partial charge on any atom is 0.251 e. The average Bonchev–Trinajstić information content (AvgIpc) is 3.32. The van der Waals surface area contributed by atoms with Crippen molar-refractivity contribution in [3.8, 4) is 9.88 Å². The minimum atomic E-state index is -0.134. The molecule has 0 bridgehead atoms. The maximum atomic E-state index is 12.3. The Morgan fingerprint density at radius 2 is 2.12 bits per heavy atom. The molecular formula is C16H13N5OS2. The third-order valence-electron chi connectivity index (χ3n) is 3.61. The van der Waals surface area contributed by atoms with Crippen molar-refractivity contribution in [1.82, 2.24) is 25.7 Å². The van der Waals surface area contributed by atoms with Crippen LogP contribution in [-0.2, 0) is 6.54 Å². The Labute approximate surface area is 145 Å². The van der Waals surface area contributed by atoms with Gasteiger partial charge in [0.2, 0.25) is 0 Å². The van der Waals surface area contributed by atoms with Gasteiger partial charge in [0.25, 0.3) is 5.91 Å².